The zero-order chi connectivity index (χ0) is 25.2. The third-order valence-electron chi connectivity index (χ3n) is 6.79. The lowest BCUT2D eigenvalue weighted by molar-refractivity contribution is -0.180. The average molecular weight is 479 g/mol. The molecule has 2 aliphatic rings. The molecule has 0 saturated heterocycles. The summed E-state index contributed by atoms with van der Waals surface area (Å²) in [4.78, 5) is 53.1. The van der Waals surface area contributed by atoms with E-state index in [0.29, 0.717) is 19.3 Å². The third-order valence-corrected chi connectivity index (χ3v) is 6.79. The van der Waals surface area contributed by atoms with E-state index in [2.05, 4.69) is 0 Å². The molecule has 0 aromatic carbocycles. The molecule has 34 heavy (non-hydrogen) atoms. The molecule has 0 N–H and O–H groups in total. The monoisotopic (exact) mass is 478 g/mol. The summed E-state index contributed by atoms with van der Waals surface area (Å²) in [6, 6.07) is 0. The molecule has 2 aliphatic carbocycles. The molecule has 2 rings (SSSR count). The van der Waals surface area contributed by atoms with Crippen LogP contribution in [0.1, 0.15) is 66.2 Å². The standard InChI is InChI=1S/C26H38O8/c1-5-31-21(27)25(22(28)32-6-2)16-12-9-10-14-19(25)18-20-15-11-13-17-26(20,23(29)33-7-3)24(30)34-8-4/h9-11,15,19-20H,5-8,12-14,16-18H2,1-4H3/t19-,20+/m0/s1. The van der Waals surface area contributed by atoms with Crippen LogP contribution in [0.4, 0.5) is 0 Å². The number of carbonyl (C=O) groups is 4. The maximum absolute atomic E-state index is 13.3. The van der Waals surface area contributed by atoms with Crippen LogP contribution >= 0.6 is 0 Å². The van der Waals surface area contributed by atoms with Crippen LogP contribution in [-0.2, 0) is 38.1 Å². The van der Waals surface area contributed by atoms with Crippen molar-refractivity contribution in [3.05, 3.63) is 24.3 Å². The van der Waals surface area contributed by atoms with Crippen molar-refractivity contribution in [1.29, 1.82) is 0 Å². The van der Waals surface area contributed by atoms with Crippen molar-refractivity contribution in [2.24, 2.45) is 22.7 Å². The zero-order valence-electron chi connectivity index (χ0n) is 20.8. The van der Waals surface area contributed by atoms with Gasteiger partial charge in [-0.1, -0.05) is 24.3 Å². The fraction of sp³-hybridized carbons (Fsp3) is 0.692. The smallest absolute Gasteiger partial charge is 0.324 e. The minimum absolute atomic E-state index is 0.123. The second kappa shape index (κ2) is 12.7. The fourth-order valence-electron chi connectivity index (χ4n) is 5.15. The van der Waals surface area contributed by atoms with Crippen LogP contribution in [0, 0.1) is 22.7 Å². The van der Waals surface area contributed by atoms with Gasteiger partial charge in [0.1, 0.15) is 0 Å². The Labute approximate surface area is 202 Å². The summed E-state index contributed by atoms with van der Waals surface area (Å²) >= 11 is 0. The lowest BCUT2D eigenvalue weighted by Gasteiger charge is -2.42. The van der Waals surface area contributed by atoms with Crippen molar-refractivity contribution in [3.63, 3.8) is 0 Å². The summed E-state index contributed by atoms with van der Waals surface area (Å²) < 4.78 is 21.5. The summed E-state index contributed by atoms with van der Waals surface area (Å²) in [5, 5.41) is 0. The molecule has 190 valence electrons. The van der Waals surface area contributed by atoms with Crippen molar-refractivity contribution in [3.8, 4) is 0 Å². The van der Waals surface area contributed by atoms with Crippen molar-refractivity contribution in [2.45, 2.75) is 66.2 Å². The van der Waals surface area contributed by atoms with Crippen molar-refractivity contribution >= 4 is 23.9 Å². The SMILES string of the molecule is CCOC(=O)C1(C(=O)OCC)CCC=CC[C@H]1C[C@H]1C=CCCC1(C(=O)OCC)C(=O)OCC. The topological polar surface area (TPSA) is 105 Å². The van der Waals surface area contributed by atoms with Crippen LogP contribution in [0.25, 0.3) is 0 Å². The summed E-state index contributed by atoms with van der Waals surface area (Å²) in [7, 11) is 0. The van der Waals surface area contributed by atoms with Crippen LogP contribution in [0.5, 0.6) is 0 Å². The van der Waals surface area contributed by atoms with E-state index in [-0.39, 0.29) is 45.7 Å². The van der Waals surface area contributed by atoms with Gasteiger partial charge in [0.2, 0.25) is 0 Å². The highest BCUT2D eigenvalue weighted by Crippen LogP contribution is 2.50. The third kappa shape index (κ3) is 5.36. The maximum atomic E-state index is 13.3. The normalized spacial score (nSPS) is 22.8. The molecule has 8 heteroatoms. The Morgan fingerprint density at radius 1 is 0.676 bits per heavy atom. The van der Waals surface area contributed by atoms with Gasteiger partial charge in [0.15, 0.2) is 10.8 Å². The molecule has 8 nitrogen and oxygen atoms in total. The van der Waals surface area contributed by atoms with E-state index in [9.17, 15) is 19.2 Å². The van der Waals surface area contributed by atoms with Crippen LogP contribution in [0.2, 0.25) is 0 Å². The number of rotatable bonds is 10. The van der Waals surface area contributed by atoms with Crippen molar-refractivity contribution < 1.29 is 38.1 Å². The van der Waals surface area contributed by atoms with Crippen LogP contribution < -0.4 is 0 Å². The second-order valence-corrected chi connectivity index (χ2v) is 8.58. The van der Waals surface area contributed by atoms with Gasteiger partial charge in [-0.2, -0.15) is 0 Å². The Morgan fingerprint density at radius 3 is 1.62 bits per heavy atom. The van der Waals surface area contributed by atoms with Crippen molar-refractivity contribution in [2.75, 3.05) is 26.4 Å². The summed E-state index contributed by atoms with van der Waals surface area (Å²) in [5.74, 6) is -3.67. The molecule has 0 aromatic rings. The summed E-state index contributed by atoms with van der Waals surface area (Å²) in [5.41, 5.74) is -3.07. The molecular formula is C26H38O8. The summed E-state index contributed by atoms with van der Waals surface area (Å²) in [6.07, 6.45) is 9.74. The molecule has 0 unspecified atom stereocenters. The number of carbonyl (C=O) groups excluding carboxylic acids is 4. The molecule has 0 heterocycles. The predicted molar refractivity (Wildman–Crippen MR) is 124 cm³/mol. The first-order chi connectivity index (χ1) is 16.3. The zero-order valence-corrected chi connectivity index (χ0v) is 20.8. The first-order valence-corrected chi connectivity index (χ1v) is 12.4. The minimum Gasteiger partial charge on any atom is -0.465 e. The van der Waals surface area contributed by atoms with E-state index in [1.165, 1.54) is 0 Å². The summed E-state index contributed by atoms with van der Waals surface area (Å²) in [6.45, 7) is 7.25. The van der Waals surface area contributed by atoms with E-state index in [1.54, 1.807) is 27.7 Å². The second-order valence-electron chi connectivity index (χ2n) is 8.58. The number of allylic oxidation sites excluding steroid dienone is 4. The number of esters is 4. The van der Waals surface area contributed by atoms with Gasteiger partial charge < -0.3 is 18.9 Å². The fourth-order valence-corrected chi connectivity index (χ4v) is 5.15. The van der Waals surface area contributed by atoms with Crippen LogP contribution in [-0.4, -0.2) is 50.3 Å². The van der Waals surface area contributed by atoms with Gasteiger partial charge in [-0.05, 0) is 72.1 Å². The van der Waals surface area contributed by atoms with Crippen LogP contribution in [0.3, 0.4) is 0 Å². The first kappa shape index (κ1) is 27.6. The molecule has 0 saturated carbocycles. The van der Waals surface area contributed by atoms with Gasteiger partial charge >= 0.3 is 23.9 Å². The molecule has 0 spiro atoms. The minimum atomic E-state index is -1.54. The molecule has 0 aliphatic heterocycles. The number of ether oxygens (including phenoxy) is 4. The lowest BCUT2D eigenvalue weighted by Crippen LogP contribution is -2.52. The largest absolute Gasteiger partial charge is 0.465 e. The number of hydrogen-bond acceptors (Lipinski definition) is 8. The van der Waals surface area contributed by atoms with E-state index in [0.717, 1.165) is 0 Å². The first-order valence-electron chi connectivity index (χ1n) is 12.4. The maximum Gasteiger partial charge on any atom is 0.324 e. The van der Waals surface area contributed by atoms with E-state index >= 15 is 0 Å². The molecule has 2 atom stereocenters. The van der Waals surface area contributed by atoms with E-state index < -0.39 is 46.5 Å². The van der Waals surface area contributed by atoms with Gasteiger partial charge in [-0.25, -0.2) is 0 Å². The Kier molecular flexibility index (Phi) is 10.3. The molecule has 0 bridgehead atoms. The predicted octanol–water partition coefficient (Wildman–Crippen LogP) is 3.92. The molecule has 0 aromatic heterocycles. The Balaban J connectivity index is 2.58. The Bertz CT molecular complexity index is 761. The van der Waals surface area contributed by atoms with E-state index in [1.807, 2.05) is 24.3 Å². The van der Waals surface area contributed by atoms with Gasteiger partial charge in [0, 0.05) is 5.92 Å². The highest BCUT2D eigenvalue weighted by molar-refractivity contribution is 6.02. The quantitative estimate of drug-likeness (QED) is 0.201. The highest BCUT2D eigenvalue weighted by Gasteiger charge is 2.59. The Hall–Kier alpha value is -2.64. The lowest BCUT2D eigenvalue weighted by atomic mass is 9.61. The van der Waals surface area contributed by atoms with Gasteiger partial charge in [0.05, 0.1) is 26.4 Å². The highest BCUT2D eigenvalue weighted by atomic mass is 16.6. The van der Waals surface area contributed by atoms with Gasteiger partial charge in [-0.15, -0.1) is 0 Å². The van der Waals surface area contributed by atoms with Gasteiger partial charge in [-0.3, -0.25) is 19.2 Å². The van der Waals surface area contributed by atoms with Crippen molar-refractivity contribution in [1.82, 2.24) is 0 Å². The van der Waals surface area contributed by atoms with Gasteiger partial charge in [0.25, 0.3) is 0 Å². The van der Waals surface area contributed by atoms with E-state index in [4.69, 9.17) is 18.9 Å². The average Bonchev–Trinajstić information content (AvgIpc) is 3.03. The van der Waals surface area contributed by atoms with Crippen LogP contribution in [0.15, 0.2) is 24.3 Å². The number of hydrogen-bond donors (Lipinski definition) is 0. The molecule has 0 fully saturated rings. The Morgan fingerprint density at radius 2 is 1.12 bits per heavy atom. The molecular weight excluding hydrogens is 440 g/mol. The molecule has 0 amide bonds. The molecule has 0 radical (unpaired) electrons.